The first-order valence-electron chi connectivity index (χ1n) is 8.83. The molecule has 0 spiro atoms. The van der Waals surface area contributed by atoms with E-state index in [0.29, 0.717) is 11.8 Å². The maximum atomic E-state index is 10.9. The van der Waals surface area contributed by atoms with Crippen LogP contribution in [0.5, 0.6) is 5.75 Å². The zero-order valence-electron chi connectivity index (χ0n) is 14.7. The number of aromatic nitrogens is 2. The van der Waals surface area contributed by atoms with Gasteiger partial charge in [-0.3, -0.25) is 14.4 Å². The highest BCUT2D eigenvalue weighted by Crippen LogP contribution is 2.22. The number of hydrogen-bond donors (Lipinski definition) is 1. The molecule has 3 rings (SSSR count). The van der Waals surface area contributed by atoms with E-state index in [0.717, 1.165) is 19.6 Å². The zero-order valence-corrected chi connectivity index (χ0v) is 14.7. The van der Waals surface area contributed by atoms with E-state index in [1.54, 1.807) is 0 Å². The highest BCUT2D eigenvalue weighted by atomic mass is 16.5. The summed E-state index contributed by atoms with van der Waals surface area (Å²) < 4.78 is 7.46. The van der Waals surface area contributed by atoms with E-state index in [9.17, 15) is 4.79 Å². The van der Waals surface area contributed by atoms with Gasteiger partial charge in [0.25, 0.3) is 5.91 Å². The first-order chi connectivity index (χ1) is 12.1. The Labute approximate surface area is 148 Å². The van der Waals surface area contributed by atoms with Crippen molar-refractivity contribution in [3.63, 3.8) is 0 Å². The van der Waals surface area contributed by atoms with E-state index >= 15 is 0 Å². The van der Waals surface area contributed by atoms with E-state index in [2.05, 4.69) is 29.2 Å². The van der Waals surface area contributed by atoms with Crippen LogP contribution >= 0.6 is 0 Å². The van der Waals surface area contributed by atoms with Crippen molar-refractivity contribution in [3.8, 4) is 5.75 Å². The van der Waals surface area contributed by atoms with E-state index in [4.69, 9.17) is 10.5 Å². The lowest BCUT2D eigenvalue weighted by atomic mass is 10.0. The predicted molar refractivity (Wildman–Crippen MR) is 96.1 cm³/mol. The van der Waals surface area contributed by atoms with Crippen LogP contribution < -0.4 is 10.5 Å². The van der Waals surface area contributed by atoms with Crippen molar-refractivity contribution in [1.29, 1.82) is 0 Å². The molecule has 2 heterocycles. The van der Waals surface area contributed by atoms with Crippen LogP contribution in [0, 0.1) is 6.92 Å². The number of ether oxygens (including phenoxy) is 1. The van der Waals surface area contributed by atoms with Gasteiger partial charge in [0, 0.05) is 18.8 Å². The van der Waals surface area contributed by atoms with Gasteiger partial charge in [-0.15, -0.1) is 0 Å². The molecule has 1 amide bonds. The summed E-state index contributed by atoms with van der Waals surface area (Å²) in [6, 6.07) is 8.39. The highest BCUT2D eigenvalue weighted by Gasteiger charge is 2.23. The molecule has 2 N–H and O–H groups in total. The molecular weight excluding hydrogens is 316 g/mol. The van der Waals surface area contributed by atoms with Crippen LogP contribution in [0.2, 0.25) is 0 Å². The van der Waals surface area contributed by atoms with Gasteiger partial charge in [-0.1, -0.05) is 18.6 Å². The molecular formula is C19H26N4O2. The molecule has 1 aliphatic heterocycles. The number of nitrogens with two attached hydrogens (primary N) is 1. The topological polar surface area (TPSA) is 73.4 Å². The number of amides is 1. The fourth-order valence-electron chi connectivity index (χ4n) is 3.38. The zero-order chi connectivity index (χ0) is 17.6. The Hall–Kier alpha value is -2.34. The first-order valence-corrected chi connectivity index (χ1v) is 8.83. The standard InChI is InChI=1S/C19H26N4O2/c1-15-10-21-23(11-15)13-17-6-2-3-8-22(17)12-16-5-4-7-18(9-16)25-14-19(20)24/h4-5,7,9-11,17H,2-3,6,8,12-14H2,1H3,(H2,20,24)/t17-/m0/s1. The number of hydrogen-bond acceptors (Lipinski definition) is 4. The minimum Gasteiger partial charge on any atom is -0.484 e. The van der Waals surface area contributed by atoms with Crippen molar-refractivity contribution < 1.29 is 9.53 Å². The maximum absolute atomic E-state index is 10.9. The maximum Gasteiger partial charge on any atom is 0.255 e. The Balaban J connectivity index is 1.64. The number of carbonyl (C=O) groups excluding carboxylic acids is 1. The second-order valence-electron chi connectivity index (χ2n) is 6.76. The lowest BCUT2D eigenvalue weighted by Gasteiger charge is -2.35. The Bertz CT molecular complexity index is 713. The van der Waals surface area contributed by atoms with Crippen LogP contribution in [-0.2, 0) is 17.9 Å². The van der Waals surface area contributed by atoms with Crippen molar-refractivity contribution in [3.05, 3.63) is 47.8 Å². The average molecular weight is 342 g/mol. The van der Waals surface area contributed by atoms with Gasteiger partial charge in [0.15, 0.2) is 6.61 Å². The normalized spacial score (nSPS) is 18.2. The van der Waals surface area contributed by atoms with Crippen molar-refractivity contribution in [2.75, 3.05) is 13.2 Å². The largest absolute Gasteiger partial charge is 0.484 e. The molecule has 0 radical (unpaired) electrons. The average Bonchev–Trinajstić information content (AvgIpc) is 3.00. The molecule has 25 heavy (non-hydrogen) atoms. The number of piperidine rings is 1. The molecule has 6 heteroatoms. The molecule has 1 saturated heterocycles. The molecule has 1 aromatic carbocycles. The van der Waals surface area contributed by atoms with Crippen LogP contribution in [0.25, 0.3) is 0 Å². The summed E-state index contributed by atoms with van der Waals surface area (Å²) in [5.41, 5.74) is 7.52. The third-order valence-electron chi connectivity index (χ3n) is 4.57. The number of primary amides is 1. The second kappa shape index (κ2) is 8.16. The molecule has 134 valence electrons. The van der Waals surface area contributed by atoms with Crippen molar-refractivity contribution in [2.45, 2.75) is 45.3 Å². The Morgan fingerprint density at radius 1 is 1.40 bits per heavy atom. The molecule has 1 fully saturated rings. The number of carbonyl (C=O) groups is 1. The molecule has 0 bridgehead atoms. The van der Waals surface area contributed by atoms with Gasteiger partial charge in [-0.05, 0) is 49.6 Å². The van der Waals surface area contributed by atoms with Gasteiger partial charge >= 0.3 is 0 Å². The van der Waals surface area contributed by atoms with Crippen LogP contribution in [0.4, 0.5) is 0 Å². The van der Waals surface area contributed by atoms with Gasteiger partial charge in [0.1, 0.15) is 5.75 Å². The molecule has 2 aromatic rings. The van der Waals surface area contributed by atoms with Crippen LogP contribution in [0.15, 0.2) is 36.7 Å². The SMILES string of the molecule is Cc1cnn(C[C@@H]2CCCCN2Cc2cccc(OCC(N)=O)c2)c1. The van der Waals surface area contributed by atoms with Gasteiger partial charge in [0.2, 0.25) is 0 Å². The monoisotopic (exact) mass is 342 g/mol. The summed E-state index contributed by atoms with van der Waals surface area (Å²) in [6.45, 7) is 4.87. The highest BCUT2D eigenvalue weighted by molar-refractivity contribution is 5.75. The second-order valence-corrected chi connectivity index (χ2v) is 6.76. The first kappa shape index (κ1) is 17.5. The molecule has 0 aliphatic carbocycles. The summed E-state index contributed by atoms with van der Waals surface area (Å²) in [5, 5.41) is 4.43. The molecule has 1 atom stereocenters. The minimum atomic E-state index is -0.462. The molecule has 1 aliphatic rings. The number of rotatable bonds is 7. The summed E-state index contributed by atoms with van der Waals surface area (Å²) in [7, 11) is 0. The predicted octanol–water partition coefficient (Wildman–Crippen LogP) is 2.11. The minimum absolute atomic E-state index is 0.0888. The van der Waals surface area contributed by atoms with Crippen molar-refractivity contribution >= 4 is 5.91 Å². The van der Waals surface area contributed by atoms with Crippen molar-refractivity contribution in [1.82, 2.24) is 14.7 Å². The third-order valence-corrected chi connectivity index (χ3v) is 4.57. The molecule has 0 unspecified atom stereocenters. The number of benzene rings is 1. The lowest BCUT2D eigenvalue weighted by molar-refractivity contribution is -0.119. The van der Waals surface area contributed by atoms with Crippen molar-refractivity contribution in [2.24, 2.45) is 5.73 Å². The van der Waals surface area contributed by atoms with E-state index in [1.165, 1.54) is 30.4 Å². The fourth-order valence-corrected chi connectivity index (χ4v) is 3.38. The Kier molecular flexibility index (Phi) is 5.71. The van der Waals surface area contributed by atoms with Crippen LogP contribution in [-0.4, -0.2) is 39.8 Å². The summed E-state index contributed by atoms with van der Waals surface area (Å²) in [5.74, 6) is 0.226. The molecule has 0 saturated carbocycles. The van der Waals surface area contributed by atoms with Gasteiger partial charge in [0.05, 0.1) is 12.7 Å². The van der Waals surface area contributed by atoms with E-state index in [-0.39, 0.29) is 6.61 Å². The van der Waals surface area contributed by atoms with Crippen LogP contribution in [0.3, 0.4) is 0 Å². The molecule has 1 aromatic heterocycles. The fraction of sp³-hybridized carbons (Fsp3) is 0.474. The van der Waals surface area contributed by atoms with Gasteiger partial charge in [-0.25, -0.2) is 0 Å². The quantitative estimate of drug-likeness (QED) is 0.836. The Morgan fingerprint density at radius 3 is 3.04 bits per heavy atom. The smallest absolute Gasteiger partial charge is 0.255 e. The molecule has 6 nitrogen and oxygen atoms in total. The van der Waals surface area contributed by atoms with E-state index < -0.39 is 5.91 Å². The Morgan fingerprint density at radius 2 is 2.28 bits per heavy atom. The number of likely N-dealkylation sites (tertiary alicyclic amines) is 1. The number of aryl methyl sites for hydroxylation is 1. The summed E-state index contributed by atoms with van der Waals surface area (Å²) in [6.07, 6.45) is 7.70. The van der Waals surface area contributed by atoms with Crippen LogP contribution in [0.1, 0.15) is 30.4 Å². The van der Waals surface area contributed by atoms with Gasteiger partial charge < -0.3 is 10.5 Å². The van der Waals surface area contributed by atoms with E-state index in [1.807, 2.05) is 29.1 Å². The van der Waals surface area contributed by atoms with Gasteiger partial charge in [-0.2, -0.15) is 5.10 Å². The third kappa shape index (κ3) is 5.06. The number of nitrogens with zero attached hydrogens (tertiary/aromatic N) is 3. The summed E-state index contributed by atoms with van der Waals surface area (Å²) >= 11 is 0. The lowest BCUT2D eigenvalue weighted by Crippen LogP contribution is -2.41. The summed E-state index contributed by atoms with van der Waals surface area (Å²) in [4.78, 5) is 13.4.